The third-order valence-electron chi connectivity index (χ3n) is 4.17. The van der Waals surface area contributed by atoms with Gasteiger partial charge in [0.2, 0.25) is 0 Å². The van der Waals surface area contributed by atoms with Crippen LogP contribution < -0.4 is 14.8 Å². The summed E-state index contributed by atoms with van der Waals surface area (Å²) in [7, 11) is 1.35. The molecule has 1 saturated carbocycles. The molecule has 132 valence electrons. The molecule has 1 N–H and O–H groups in total. The van der Waals surface area contributed by atoms with E-state index in [0.717, 1.165) is 19.3 Å². The first-order valence-electron chi connectivity index (χ1n) is 8.35. The summed E-state index contributed by atoms with van der Waals surface area (Å²) < 4.78 is 15.9. The fourth-order valence-electron chi connectivity index (χ4n) is 3.02. The molecule has 0 spiro atoms. The predicted molar refractivity (Wildman–Crippen MR) is 89.1 cm³/mol. The summed E-state index contributed by atoms with van der Waals surface area (Å²) in [6, 6.07) is 7.18. The number of carbonyl (C=O) groups is 2. The fourth-order valence-corrected chi connectivity index (χ4v) is 3.02. The average molecular weight is 335 g/mol. The van der Waals surface area contributed by atoms with Gasteiger partial charge in [-0.1, -0.05) is 31.4 Å². The van der Waals surface area contributed by atoms with Crippen molar-refractivity contribution in [3.63, 3.8) is 0 Å². The molecule has 0 saturated heterocycles. The Balaban J connectivity index is 1.98. The highest BCUT2D eigenvalue weighted by Crippen LogP contribution is 2.30. The Morgan fingerprint density at radius 3 is 2.29 bits per heavy atom. The molecule has 0 bridgehead atoms. The molecular formula is C18H25NO5. The quantitative estimate of drug-likeness (QED) is 0.775. The second kappa shape index (κ2) is 8.57. The van der Waals surface area contributed by atoms with Crippen molar-refractivity contribution < 1.29 is 23.8 Å². The van der Waals surface area contributed by atoms with Crippen LogP contribution in [0.2, 0.25) is 0 Å². The molecule has 1 aliphatic carbocycles. The molecule has 6 nitrogen and oxygen atoms in total. The van der Waals surface area contributed by atoms with Gasteiger partial charge in [-0.2, -0.15) is 0 Å². The van der Waals surface area contributed by atoms with E-state index < -0.39 is 5.54 Å². The molecule has 0 radical (unpaired) electrons. The summed E-state index contributed by atoms with van der Waals surface area (Å²) in [6.07, 6.45) is 4.04. The van der Waals surface area contributed by atoms with E-state index in [1.165, 1.54) is 7.11 Å². The molecule has 0 heterocycles. The van der Waals surface area contributed by atoms with E-state index in [1.807, 2.05) is 19.1 Å². The molecule has 1 fully saturated rings. The standard InChI is InChI=1S/C18H25NO5/c1-3-23-14-9-5-6-10-15(14)24-13-16(20)19-18(17(21)22-2)11-7-4-8-12-18/h5-6,9-10H,3-4,7-8,11-13H2,1-2H3,(H,19,20). The topological polar surface area (TPSA) is 73.9 Å². The summed E-state index contributed by atoms with van der Waals surface area (Å²) in [5, 5.41) is 2.83. The molecule has 6 heteroatoms. The van der Waals surface area contributed by atoms with Crippen LogP contribution in [0.4, 0.5) is 0 Å². The first-order valence-corrected chi connectivity index (χ1v) is 8.35. The molecule has 0 aliphatic heterocycles. The predicted octanol–water partition coefficient (Wildman–Crippen LogP) is 2.46. The number of nitrogens with one attached hydrogen (secondary N) is 1. The minimum atomic E-state index is -0.924. The van der Waals surface area contributed by atoms with Crippen LogP contribution in [0.5, 0.6) is 11.5 Å². The lowest BCUT2D eigenvalue weighted by Crippen LogP contribution is -2.57. The molecule has 1 aromatic carbocycles. The Kier molecular flexibility index (Phi) is 6.46. The highest BCUT2D eigenvalue weighted by atomic mass is 16.5. The zero-order valence-corrected chi connectivity index (χ0v) is 14.3. The van der Waals surface area contributed by atoms with Gasteiger partial charge in [0, 0.05) is 0 Å². The van der Waals surface area contributed by atoms with Crippen molar-refractivity contribution in [2.75, 3.05) is 20.3 Å². The Hall–Kier alpha value is -2.24. The third kappa shape index (κ3) is 4.40. The zero-order valence-electron chi connectivity index (χ0n) is 14.3. The summed E-state index contributed by atoms with van der Waals surface area (Å²) in [4.78, 5) is 24.4. The van der Waals surface area contributed by atoms with Gasteiger partial charge in [-0.25, -0.2) is 4.79 Å². The normalized spacial score (nSPS) is 16.1. The first kappa shape index (κ1) is 18.1. The highest BCUT2D eigenvalue weighted by Gasteiger charge is 2.41. The van der Waals surface area contributed by atoms with E-state index in [-0.39, 0.29) is 18.5 Å². The molecule has 0 aromatic heterocycles. The molecule has 24 heavy (non-hydrogen) atoms. The van der Waals surface area contributed by atoms with Gasteiger partial charge in [-0.3, -0.25) is 4.79 Å². The number of carbonyl (C=O) groups excluding carboxylic acids is 2. The molecule has 1 aromatic rings. The van der Waals surface area contributed by atoms with Gasteiger partial charge in [-0.15, -0.1) is 0 Å². The van der Waals surface area contributed by atoms with E-state index in [0.29, 0.717) is 30.9 Å². The summed E-state index contributed by atoms with van der Waals surface area (Å²) in [6.45, 7) is 2.22. The summed E-state index contributed by atoms with van der Waals surface area (Å²) >= 11 is 0. The first-order chi connectivity index (χ1) is 11.6. The van der Waals surface area contributed by atoms with Gasteiger partial charge < -0.3 is 19.5 Å². The van der Waals surface area contributed by atoms with Crippen molar-refractivity contribution in [2.45, 2.75) is 44.6 Å². The van der Waals surface area contributed by atoms with Crippen molar-refractivity contribution in [1.29, 1.82) is 0 Å². The maximum atomic E-state index is 12.3. The van der Waals surface area contributed by atoms with Gasteiger partial charge in [0.1, 0.15) is 5.54 Å². The van der Waals surface area contributed by atoms with Crippen LogP contribution in [-0.4, -0.2) is 37.7 Å². The van der Waals surface area contributed by atoms with Crippen molar-refractivity contribution in [3.05, 3.63) is 24.3 Å². The smallest absolute Gasteiger partial charge is 0.331 e. The monoisotopic (exact) mass is 335 g/mol. The number of methoxy groups -OCH3 is 1. The number of para-hydroxylation sites is 2. The second-order valence-corrected chi connectivity index (χ2v) is 5.85. The Bertz CT molecular complexity index is 566. The van der Waals surface area contributed by atoms with Gasteiger partial charge in [-0.05, 0) is 31.9 Å². The number of rotatable bonds is 7. The fraction of sp³-hybridized carbons (Fsp3) is 0.556. The Morgan fingerprint density at radius 1 is 1.08 bits per heavy atom. The van der Waals surface area contributed by atoms with E-state index in [1.54, 1.807) is 12.1 Å². The van der Waals surface area contributed by atoms with Crippen molar-refractivity contribution >= 4 is 11.9 Å². The Morgan fingerprint density at radius 2 is 1.71 bits per heavy atom. The SMILES string of the molecule is CCOc1ccccc1OCC(=O)NC1(C(=O)OC)CCCCC1. The largest absolute Gasteiger partial charge is 0.490 e. The van der Waals surface area contributed by atoms with Crippen LogP contribution in [0.15, 0.2) is 24.3 Å². The lowest BCUT2D eigenvalue weighted by molar-refractivity contribution is -0.152. The number of hydrogen-bond donors (Lipinski definition) is 1. The second-order valence-electron chi connectivity index (χ2n) is 5.85. The number of hydrogen-bond acceptors (Lipinski definition) is 5. The van der Waals surface area contributed by atoms with E-state index >= 15 is 0 Å². The average Bonchev–Trinajstić information content (AvgIpc) is 2.61. The highest BCUT2D eigenvalue weighted by molar-refractivity contribution is 5.88. The molecule has 1 aliphatic rings. The summed E-state index contributed by atoms with van der Waals surface area (Å²) in [5.41, 5.74) is -0.924. The van der Waals surface area contributed by atoms with Gasteiger partial charge in [0.15, 0.2) is 18.1 Å². The van der Waals surface area contributed by atoms with Crippen molar-refractivity contribution in [3.8, 4) is 11.5 Å². The maximum Gasteiger partial charge on any atom is 0.331 e. The third-order valence-corrected chi connectivity index (χ3v) is 4.17. The van der Waals surface area contributed by atoms with E-state index in [9.17, 15) is 9.59 Å². The van der Waals surface area contributed by atoms with E-state index in [2.05, 4.69) is 5.32 Å². The van der Waals surface area contributed by atoms with Crippen LogP contribution in [-0.2, 0) is 14.3 Å². The molecule has 1 amide bonds. The van der Waals surface area contributed by atoms with Gasteiger partial charge in [0.25, 0.3) is 5.91 Å². The van der Waals surface area contributed by atoms with Crippen LogP contribution in [0.1, 0.15) is 39.0 Å². The number of esters is 1. The maximum absolute atomic E-state index is 12.3. The van der Waals surface area contributed by atoms with Crippen molar-refractivity contribution in [2.24, 2.45) is 0 Å². The van der Waals surface area contributed by atoms with Crippen LogP contribution in [0.3, 0.4) is 0 Å². The number of benzene rings is 1. The van der Waals surface area contributed by atoms with E-state index in [4.69, 9.17) is 14.2 Å². The number of amides is 1. The summed E-state index contributed by atoms with van der Waals surface area (Å²) in [5.74, 6) is 0.372. The van der Waals surface area contributed by atoms with Crippen LogP contribution in [0.25, 0.3) is 0 Å². The minimum absolute atomic E-state index is 0.178. The lowest BCUT2D eigenvalue weighted by Gasteiger charge is -2.35. The van der Waals surface area contributed by atoms with Crippen molar-refractivity contribution in [1.82, 2.24) is 5.32 Å². The lowest BCUT2D eigenvalue weighted by atomic mass is 9.81. The van der Waals surface area contributed by atoms with Gasteiger partial charge in [0.05, 0.1) is 13.7 Å². The number of ether oxygens (including phenoxy) is 3. The van der Waals surface area contributed by atoms with Crippen LogP contribution >= 0.6 is 0 Å². The molecule has 0 unspecified atom stereocenters. The Labute approximate surface area is 142 Å². The molecular weight excluding hydrogens is 310 g/mol. The molecule has 2 rings (SSSR count). The van der Waals surface area contributed by atoms with Gasteiger partial charge >= 0.3 is 5.97 Å². The van der Waals surface area contributed by atoms with Crippen LogP contribution in [0, 0.1) is 0 Å². The molecule has 0 atom stereocenters. The zero-order chi connectivity index (χ0) is 17.4. The minimum Gasteiger partial charge on any atom is -0.490 e.